The van der Waals surface area contributed by atoms with Crippen molar-refractivity contribution < 1.29 is 22.0 Å². The number of rotatable bonds is 4. The molecule has 1 saturated heterocycles. The highest BCUT2D eigenvalue weighted by molar-refractivity contribution is 7.87. The van der Waals surface area contributed by atoms with Crippen molar-refractivity contribution in [3.8, 4) is 0 Å². The molecule has 0 bridgehead atoms. The lowest BCUT2D eigenvalue weighted by molar-refractivity contribution is 0.0646. The Hall–Kier alpha value is -1.97. The molecule has 1 unspecified atom stereocenters. The van der Waals surface area contributed by atoms with Gasteiger partial charge in [0.05, 0.1) is 0 Å². The van der Waals surface area contributed by atoms with E-state index in [0.717, 1.165) is 12.8 Å². The lowest BCUT2D eigenvalue weighted by Crippen LogP contribution is -2.44. The number of benzene rings is 1. The van der Waals surface area contributed by atoms with Crippen molar-refractivity contribution in [3.05, 3.63) is 35.8 Å². The largest absolute Gasteiger partial charge is 0.451 e. The van der Waals surface area contributed by atoms with Crippen molar-refractivity contribution in [1.82, 2.24) is 9.62 Å². The minimum absolute atomic E-state index is 0.0113. The zero-order valence-electron chi connectivity index (χ0n) is 12.9. The predicted octanol–water partition coefficient (Wildman–Crippen LogP) is 1.22. The maximum atomic E-state index is 13.2. The van der Waals surface area contributed by atoms with Gasteiger partial charge in [0, 0.05) is 25.0 Å². The molecule has 1 aliphatic rings. The van der Waals surface area contributed by atoms with Gasteiger partial charge in [0.25, 0.3) is 16.1 Å². The fourth-order valence-electron chi connectivity index (χ4n) is 2.93. The summed E-state index contributed by atoms with van der Waals surface area (Å²) in [5.41, 5.74) is 0.448. The van der Waals surface area contributed by atoms with E-state index < -0.39 is 16.0 Å². The van der Waals surface area contributed by atoms with E-state index in [0.29, 0.717) is 24.1 Å². The van der Waals surface area contributed by atoms with Crippen LogP contribution in [0.5, 0.6) is 0 Å². The molecule has 1 aromatic carbocycles. The highest BCUT2D eigenvalue weighted by Gasteiger charge is 2.27. The smallest absolute Gasteiger partial charge is 0.289 e. The summed E-state index contributed by atoms with van der Waals surface area (Å²) in [5, 5.41) is 5.46. The average Bonchev–Trinajstić information content (AvgIpc) is 2.95. The van der Waals surface area contributed by atoms with E-state index >= 15 is 0 Å². The number of nitrogens with zero attached hydrogens (tertiary/aromatic N) is 1. The third-order valence-electron chi connectivity index (χ3n) is 4.07. The molecule has 1 fully saturated rings. The van der Waals surface area contributed by atoms with Crippen LogP contribution in [0.25, 0.3) is 11.0 Å². The number of halogens is 1. The first-order valence-electron chi connectivity index (χ1n) is 7.57. The summed E-state index contributed by atoms with van der Waals surface area (Å²) in [7, 11) is -3.74. The van der Waals surface area contributed by atoms with Crippen molar-refractivity contribution in [2.24, 2.45) is 11.1 Å². The van der Waals surface area contributed by atoms with Crippen LogP contribution in [0.4, 0.5) is 4.39 Å². The number of fused-ring (bicyclic) bond motifs is 1. The topological polar surface area (TPSA) is 106 Å². The number of piperidine rings is 1. The second-order valence-corrected chi connectivity index (χ2v) is 7.32. The molecule has 2 heterocycles. The quantitative estimate of drug-likeness (QED) is 0.860. The second-order valence-electron chi connectivity index (χ2n) is 5.95. The predicted molar refractivity (Wildman–Crippen MR) is 85.9 cm³/mol. The number of nitrogens with two attached hydrogens (primary N) is 1. The molecule has 0 radical (unpaired) electrons. The maximum absolute atomic E-state index is 13.2. The van der Waals surface area contributed by atoms with E-state index in [-0.39, 0.29) is 24.1 Å². The first-order valence-corrected chi connectivity index (χ1v) is 9.12. The van der Waals surface area contributed by atoms with Crippen LogP contribution in [0.15, 0.2) is 28.7 Å². The molecule has 1 aliphatic heterocycles. The Bertz CT molecular complexity index is 865. The SMILES string of the molecule is NS(=O)(=O)NCC1CCCN(C(=O)c2cc3cc(F)ccc3o2)C1. The summed E-state index contributed by atoms with van der Waals surface area (Å²) in [6, 6.07) is 5.59. The summed E-state index contributed by atoms with van der Waals surface area (Å²) in [4.78, 5) is 14.2. The van der Waals surface area contributed by atoms with E-state index in [1.165, 1.54) is 24.3 Å². The van der Waals surface area contributed by atoms with Gasteiger partial charge in [0.15, 0.2) is 5.76 Å². The third-order valence-corrected chi connectivity index (χ3v) is 4.64. The minimum atomic E-state index is -3.74. The zero-order valence-corrected chi connectivity index (χ0v) is 13.7. The van der Waals surface area contributed by atoms with Gasteiger partial charge in [-0.25, -0.2) is 14.3 Å². The molecule has 7 nitrogen and oxygen atoms in total. The number of nitrogens with one attached hydrogen (secondary N) is 1. The minimum Gasteiger partial charge on any atom is -0.451 e. The van der Waals surface area contributed by atoms with Crippen LogP contribution in [-0.2, 0) is 10.2 Å². The monoisotopic (exact) mass is 355 g/mol. The van der Waals surface area contributed by atoms with Gasteiger partial charge >= 0.3 is 0 Å². The molecule has 1 amide bonds. The molecule has 3 N–H and O–H groups in total. The molecule has 2 aromatic rings. The van der Waals surface area contributed by atoms with Crippen molar-refractivity contribution in [1.29, 1.82) is 0 Å². The van der Waals surface area contributed by atoms with Crippen LogP contribution in [0.3, 0.4) is 0 Å². The Balaban J connectivity index is 1.71. The van der Waals surface area contributed by atoms with Crippen LogP contribution in [0.1, 0.15) is 23.4 Å². The molecule has 9 heteroatoms. The van der Waals surface area contributed by atoms with Crippen molar-refractivity contribution >= 4 is 27.1 Å². The van der Waals surface area contributed by atoms with Crippen molar-refractivity contribution in [3.63, 3.8) is 0 Å². The van der Waals surface area contributed by atoms with Crippen LogP contribution in [0.2, 0.25) is 0 Å². The highest BCUT2D eigenvalue weighted by Crippen LogP contribution is 2.23. The molecule has 0 saturated carbocycles. The van der Waals surface area contributed by atoms with Gasteiger partial charge in [-0.05, 0) is 43.0 Å². The average molecular weight is 355 g/mol. The van der Waals surface area contributed by atoms with E-state index in [4.69, 9.17) is 9.56 Å². The summed E-state index contributed by atoms with van der Waals surface area (Å²) >= 11 is 0. The number of hydrogen-bond acceptors (Lipinski definition) is 4. The second kappa shape index (κ2) is 6.50. The van der Waals surface area contributed by atoms with E-state index in [1.54, 1.807) is 4.90 Å². The summed E-state index contributed by atoms with van der Waals surface area (Å²) in [5.74, 6) is -0.542. The zero-order chi connectivity index (χ0) is 17.3. The fraction of sp³-hybridized carbons (Fsp3) is 0.400. The van der Waals surface area contributed by atoms with E-state index in [9.17, 15) is 17.6 Å². The van der Waals surface area contributed by atoms with Gasteiger partial charge in [0.1, 0.15) is 11.4 Å². The van der Waals surface area contributed by atoms with Gasteiger partial charge in [0.2, 0.25) is 0 Å². The number of amides is 1. The fourth-order valence-corrected chi connectivity index (χ4v) is 3.39. The normalized spacial score (nSPS) is 18.9. The van der Waals surface area contributed by atoms with Crippen LogP contribution in [-0.4, -0.2) is 38.9 Å². The van der Waals surface area contributed by atoms with Crippen molar-refractivity contribution in [2.45, 2.75) is 12.8 Å². The standard InChI is InChI=1S/C15H18FN3O4S/c16-12-3-4-13-11(6-12)7-14(23-13)15(20)19-5-1-2-10(9-19)8-18-24(17,21)22/h3-4,6-7,10,18H,1-2,5,8-9H2,(H2,17,21,22). The maximum Gasteiger partial charge on any atom is 0.289 e. The highest BCUT2D eigenvalue weighted by atomic mass is 32.2. The first-order chi connectivity index (χ1) is 11.3. The molecular weight excluding hydrogens is 337 g/mol. The van der Waals surface area contributed by atoms with Gasteiger partial charge in [-0.1, -0.05) is 0 Å². The molecule has 1 atom stereocenters. The molecule has 3 rings (SSSR count). The first kappa shape index (κ1) is 16.9. The Morgan fingerprint density at radius 2 is 2.21 bits per heavy atom. The van der Waals surface area contributed by atoms with Crippen molar-refractivity contribution in [2.75, 3.05) is 19.6 Å². The number of carbonyl (C=O) groups excluding carboxylic acids is 1. The number of likely N-dealkylation sites (tertiary alicyclic amines) is 1. The molecule has 130 valence electrons. The number of furan rings is 1. The van der Waals surface area contributed by atoms with E-state index in [2.05, 4.69) is 4.72 Å². The Morgan fingerprint density at radius 1 is 1.42 bits per heavy atom. The molecule has 0 spiro atoms. The number of carbonyl (C=O) groups is 1. The third kappa shape index (κ3) is 3.92. The number of hydrogen-bond donors (Lipinski definition) is 2. The summed E-state index contributed by atoms with van der Waals surface area (Å²) < 4.78 is 43.0. The molecule has 0 aliphatic carbocycles. The Morgan fingerprint density at radius 3 is 2.96 bits per heavy atom. The van der Waals surface area contributed by atoms with Gasteiger partial charge in [-0.2, -0.15) is 8.42 Å². The Kier molecular flexibility index (Phi) is 4.57. The van der Waals surface area contributed by atoms with E-state index in [1.807, 2.05) is 0 Å². The van der Waals surface area contributed by atoms with Gasteiger partial charge in [-0.3, -0.25) is 4.79 Å². The summed E-state index contributed by atoms with van der Waals surface area (Å²) in [6.07, 6.45) is 1.56. The molecule has 1 aromatic heterocycles. The van der Waals surface area contributed by atoms with Crippen LogP contribution >= 0.6 is 0 Å². The van der Waals surface area contributed by atoms with Crippen LogP contribution < -0.4 is 9.86 Å². The van der Waals surface area contributed by atoms with Crippen LogP contribution in [0, 0.1) is 11.7 Å². The van der Waals surface area contributed by atoms with Gasteiger partial charge < -0.3 is 9.32 Å². The lowest BCUT2D eigenvalue weighted by atomic mass is 9.98. The Labute approximate surface area is 138 Å². The summed E-state index contributed by atoms with van der Waals surface area (Å²) in [6.45, 7) is 1.16. The molecular formula is C15H18FN3O4S. The van der Waals surface area contributed by atoms with Gasteiger partial charge in [-0.15, -0.1) is 0 Å². The molecule has 24 heavy (non-hydrogen) atoms. The lowest BCUT2D eigenvalue weighted by Gasteiger charge is -2.32.